The smallest absolute Gasteiger partial charge is 0.352 e. The minimum Gasteiger partial charge on any atom is -0.352 e. The van der Waals surface area contributed by atoms with E-state index in [9.17, 15) is 13.2 Å². The van der Waals surface area contributed by atoms with E-state index in [1.807, 2.05) is 0 Å². The van der Waals surface area contributed by atoms with E-state index < -0.39 is 18.0 Å². The first kappa shape index (κ1) is 14.6. The SMILES string of the molecule is CC#Cc1ccc(C(F)(F)F)cc1C(OC)OC. The van der Waals surface area contributed by atoms with Gasteiger partial charge in [-0.3, -0.25) is 0 Å². The molecular weight excluding hydrogens is 245 g/mol. The molecule has 5 heteroatoms. The third-order valence-corrected chi connectivity index (χ3v) is 2.32. The van der Waals surface area contributed by atoms with Crippen molar-refractivity contribution < 1.29 is 22.6 Å². The van der Waals surface area contributed by atoms with Gasteiger partial charge in [-0.2, -0.15) is 13.2 Å². The molecule has 0 unspecified atom stereocenters. The van der Waals surface area contributed by atoms with E-state index in [0.29, 0.717) is 5.56 Å². The van der Waals surface area contributed by atoms with E-state index in [1.165, 1.54) is 20.3 Å². The molecule has 0 aromatic heterocycles. The van der Waals surface area contributed by atoms with Gasteiger partial charge in [-0.25, -0.2) is 0 Å². The first-order chi connectivity index (χ1) is 8.43. The van der Waals surface area contributed by atoms with Crippen molar-refractivity contribution in [2.45, 2.75) is 19.4 Å². The maximum absolute atomic E-state index is 12.6. The number of hydrogen-bond acceptors (Lipinski definition) is 2. The number of methoxy groups -OCH3 is 2. The third kappa shape index (κ3) is 3.25. The maximum Gasteiger partial charge on any atom is 0.416 e. The van der Waals surface area contributed by atoms with Crippen LogP contribution in [0.2, 0.25) is 0 Å². The van der Waals surface area contributed by atoms with Crippen LogP contribution in [-0.4, -0.2) is 14.2 Å². The van der Waals surface area contributed by atoms with Crippen molar-refractivity contribution in [3.63, 3.8) is 0 Å². The van der Waals surface area contributed by atoms with Crippen molar-refractivity contribution >= 4 is 0 Å². The van der Waals surface area contributed by atoms with Crippen LogP contribution >= 0.6 is 0 Å². The van der Waals surface area contributed by atoms with Crippen LogP contribution in [0.25, 0.3) is 0 Å². The summed E-state index contributed by atoms with van der Waals surface area (Å²) >= 11 is 0. The van der Waals surface area contributed by atoms with Gasteiger partial charge < -0.3 is 9.47 Å². The number of halogens is 3. The Labute approximate surface area is 104 Å². The van der Waals surface area contributed by atoms with Gasteiger partial charge in [0.05, 0.1) is 5.56 Å². The van der Waals surface area contributed by atoms with Gasteiger partial charge in [-0.15, -0.1) is 5.92 Å². The molecule has 0 saturated heterocycles. The molecule has 98 valence electrons. The Morgan fingerprint density at radius 1 is 1.17 bits per heavy atom. The molecule has 0 N–H and O–H groups in total. The standard InChI is InChI=1S/C13H13F3O2/c1-4-5-9-6-7-10(13(14,15)16)8-11(9)12(17-2)18-3/h6-8,12H,1-3H3. The monoisotopic (exact) mass is 258 g/mol. The van der Waals surface area contributed by atoms with Gasteiger partial charge >= 0.3 is 6.18 Å². The van der Waals surface area contributed by atoms with Gasteiger partial charge in [0.15, 0.2) is 6.29 Å². The highest BCUT2D eigenvalue weighted by atomic mass is 19.4. The topological polar surface area (TPSA) is 18.5 Å². The van der Waals surface area contributed by atoms with Crippen LogP contribution < -0.4 is 0 Å². The molecule has 0 aliphatic heterocycles. The molecule has 18 heavy (non-hydrogen) atoms. The number of benzene rings is 1. The van der Waals surface area contributed by atoms with E-state index >= 15 is 0 Å². The minimum atomic E-state index is -4.40. The Morgan fingerprint density at radius 2 is 1.78 bits per heavy atom. The second kappa shape index (κ2) is 5.89. The summed E-state index contributed by atoms with van der Waals surface area (Å²) < 4.78 is 47.9. The molecule has 0 amide bonds. The number of alkyl halides is 3. The quantitative estimate of drug-likeness (QED) is 0.611. The summed E-state index contributed by atoms with van der Waals surface area (Å²) in [4.78, 5) is 0. The van der Waals surface area contributed by atoms with Crippen LogP contribution in [0.4, 0.5) is 13.2 Å². The molecule has 2 nitrogen and oxygen atoms in total. The summed E-state index contributed by atoms with van der Waals surface area (Å²) in [6.45, 7) is 1.61. The van der Waals surface area contributed by atoms with Gasteiger partial charge in [0.2, 0.25) is 0 Å². The first-order valence-corrected chi connectivity index (χ1v) is 5.13. The molecule has 0 atom stereocenters. The van der Waals surface area contributed by atoms with Crippen LogP contribution in [0.3, 0.4) is 0 Å². The Hall–Kier alpha value is -1.51. The minimum absolute atomic E-state index is 0.268. The normalized spacial score (nSPS) is 11.3. The molecule has 0 aliphatic carbocycles. The number of ether oxygens (including phenoxy) is 2. The lowest BCUT2D eigenvalue weighted by molar-refractivity contribution is -0.138. The second-order valence-electron chi connectivity index (χ2n) is 3.48. The maximum atomic E-state index is 12.6. The summed E-state index contributed by atoms with van der Waals surface area (Å²) in [7, 11) is 2.72. The summed E-state index contributed by atoms with van der Waals surface area (Å²) in [5.41, 5.74) is -0.0263. The summed E-state index contributed by atoms with van der Waals surface area (Å²) in [5, 5.41) is 0. The van der Waals surface area contributed by atoms with E-state index in [-0.39, 0.29) is 5.56 Å². The third-order valence-electron chi connectivity index (χ3n) is 2.32. The zero-order valence-electron chi connectivity index (χ0n) is 10.3. The molecular formula is C13H13F3O2. The summed E-state index contributed by atoms with van der Waals surface area (Å²) in [6, 6.07) is 3.31. The fourth-order valence-corrected chi connectivity index (χ4v) is 1.53. The van der Waals surface area contributed by atoms with Crippen molar-refractivity contribution in [1.82, 2.24) is 0 Å². The molecule has 0 radical (unpaired) electrons. The van der Waals surface area contributed by atoms with Crippen molar-refractivity contribution in [2.75, 3.05) is 14.2 Å². The number of rotatable bonds is 3. The molecule has 0 heterocycles. The number of hydrogen-bond donors (Lipinski definition) is 0. The average Bonchev–Trinajstić information content (AvgIpc) is 2.31. The molecule has 0 fully saturated rings. The zero-order valence-corrected chi connectivity index (χ0v) is 10.3. The van der Waals surface area contributed by atoms with Crippen LogP contribution in [0, 0.1) is 11.8 Å². The van der Waals surface area contributed by atoms with E-state index in [0.717, 1.165) is 12.1 Å². The largest absolute Gasteiger partial charge is 0.416 e. The van der Waals surface area contributed by atoms with Gasteiger partial charge in [0.25, 0.3) is 0 Å². The van der Waals surface area contributed by atoms with Gasteiger partial charge in [0, 0.05) is 25.3 Å². The Kier molecular flexibility index (Phi) is 4.76. The van der Waals surface area contributed by atoms with E-state index in [1.54, 1.807) is 6.92 Å². The first-order valence-electron chi connectivity index (χ1n) is 5.13. The predicted molar refractivity (Wildman–Crippen MR) is 60.8 cm³/mol. The molecule has 0 aliphatic rings. The fourth-order valence-electron chi connectivity index (χ4n) is 1.53. The zero-order chi connectivity index (χ0) is 13.8. The van der Waals surface area contributed by atoms with Crippen molar-refractivity contribution in [1.29, 1.82) is 0 Å². The Balaban J connectivity index is 3.35. The average molecular weight is 258 g/mol. The molecule has 1 rings (SSSR count). The molecule has 0 spiro atoms. The van der Waals surface area contributed by atoms with Crippen LogP contribution in [0.1, 0.15) is 29.9 Å². The highest BCUT2D eigenvalue weighted by molar-refractivity contribution is 5.44. The van der Waals surface area contributed by atoms with Gasteiger partial charge in [-0.05, 0) is 25.1 Å². The van der Waals surface area contributed by atoms with E-state index in [4.69, 9.17) is 9.47 Å². The highest BCUT2D eigenvalue weighted by Crippen LogP contribution is 2.32. The fraction of sp³-hybridized carbons (Fsp3) is 0.385. The predicted octanol–water partition coefficient (Wildman–Crippen LogP) is 3.37. The van der Waals surface area contributed by atoms with E-state index in [2.05, 4.69) is 11.8 Å². The molecule has 0 saturated carbocycles. The molecule has 0 bridgehead atoms. The lowest BCUT2D eigenvalue weighted by Gasteiger charge is -2.17. The van der Waals surface area contributed by atoms with Crippen LogP contribution in [0.5, 0.6) is 0 Å². The molecule has 1 aromatic carbocycles. The van der Waals surface area contributed by atoms with Gasteiger partial charge in [-0.1, -0.05) is 5.92 Å². The lowest BCUT2D eigenvalue weighted by Crippen LogP contribution is -2.10. The second-order valence-corrected chi connectivity index (χ2v) is 3.48. The Morgan fingerprint density at radius 3 is 2.22 bits per heavy atom. The summed E-state index contributed by atoms with van der Waals surface area (Å²) in [5.74, 6) is 5.37. The Bertz CT molecular complexity index is 465. The summed E-state index contributed by atoms with van der Waals surface area (Å²) in [6.07, 6.45) is -5.28. The highest BCUT2D eigenvalue weighted by Gasteiger charge is 2.31. The van der Waals surface area contributed by atoms with Crippen LogP contribution in [-0.2, 0) is 15.7 Å². The molecule has 1 aromatic rings. The van der Waals surface area contributed by atoms with Crippen molar-refractivity contribution in [3.8, 4) is 11.8 Å². The van der Waals surface area contributed by atoms with Crippen LogP contribution in [0.15, 0.2) is 18.2 Å². The lowest BCUT2D eigenvalue weighted by atomic mass is 10.0. The van der Waals surface area contributed by atoms with Gasteiger partial charge in [0.1, 0.15) is 0 Å². The van der Waals surface area contributed by atoms with Crippen molar-refractivity contribution in [3.05, 3.63) is 34.9 Å². The van der Waals surface area contributed by atoms with Crippen molar-refractivity contribution in [2.24, 2.45) is 0 Å².